The maximum absolute atomic E-state index is 12.9. The number of anilines is 2. The number of nitrogens with zero attached hydrogens (tertiary/aromatic N) is 5. The fourth-order valence-corrected chi connectivity index (χ4v) is 4.84. The highest BCUT2D eigenvalue weighted by Crippen LogP contribution is 2.33. The molecular weight excluding hydrogens is 392 g/mol. The Morgan fingerprint density at radius 1 is 1.03 bits per heavy atom. The quantitative estimate of drug-likeness (QED) is 0.817. The number of nitrogens with one attached hydrogen (secondary N) is 1. The van der Waals surface area contributed by atoms with Gasteiger partial charge < -0.3 is 24.8 Å². The van der Waals surface area contributed by atoms with E-state index < -0.39 is 0 Å². The lowest BCUT2D eigenvalue weighted by atomic mass is 10.0. The van der Waals surface area contributed by atoms with Crippen molar-refractivity contribution < 1.29 is 9.53 Å². The molecule has 1 aliphatic carbocycles. The molecule has 0 spiro atoms. The first-order valence-corrected chi connectivity index (χ1v) is 11.2. The van der Waals surface area contributed by atoms with Crippen LogP contribution in [-0.4, -0.2) is 73.4 Å². The molecule has 2 aromatic rings. The monoisotopic (exact) mass is 422 g/mol. The molecule has 0 bridgehead atoms. The lowest BCUT2D eigenvalue weighted by Crippen LogP contribution is -2.52. The zero-order valence-electron chi connectivity index (χ0n) is 18.1. The number of rotatable bonds is 3. The number of piperazine rings is 1. The number of urea groups is 1. The summed E-state index contributed by atoms with van der Waals surface area (Å²) in [5.41, 5.74) is 4.00. The number of hydrogen-bond donors (Lipinski definition) is 1. The molecule has 164 valence electrons. The zero-order valence-corrected chi connectivity index (χ0v) is 18.1. The van der Waals surface area contributed by atoms with Gasteiger partial charge in [0.1, 0.15) is 18.0 Å². The minimum Gasteiger partial charge on any atom is -0.378 e. The van der Waals surface area contributed by atoms with Gasteiger partial charge in [0, 0.05) is 45.3 Å². The van der Waals surface area contributed by atoms with Gasteiger partial charge >= 0.3 is 6.03 Å². The van der Waals surface area contributed by atoms with Gasteiger partial charge in [-0.2, -0.15) is 0 Å². The first-order chi connectivity index (χ1) is 15.2. The van der Waals surface area contributed by atoms with Crippen molar-refractivity contribution in [2.45, 2.75) is 25.8 Å². The van der Waals surface area contributed by atoms with Crippen molar-refractivity contribution in [3.8, 4) is 0 Å². The van der Waals surface area contributed by atoms with Crippen LogP contribution in [0.2, 0.25) is 0 Å². The maximum Gasteiger partial charge on any atom is 0.318 e. The second-order valence-electron chi connectivity index (χ2n) is 8.49. The molecule has 1 atom stereocenters. The van der Waals surface area contributed by atoms with Crippen molar-refractivity contribution in [2.75, 3.05) is 62.3 Å². The molecule has 31 heavy (non-hydrogen) atoms. The lowest BCUT2D eigenvalue weighted by Gasteiger charge is -2.36. The Bertz CT molecular complexity index is 937. The number of fused-ring (bicyclic) bond motifs is 1. The van der Waals surface area contributed by atoms with E-state index in [2.05, 4.69) is 56.3 Å². The topological polar surface area (TPSA) is 73.8 Å². The first kappa shape index (κ1) is 20.1. The van der Waals surface area contributed by atoms with E-state index in [0.717, 1.165) is 63.9 Å². The Labute approximate surface area is 183 Å². The van der Waals surface area contributed by atoms with Gasteiger partial charge in [-0.15, -0.1) is 0 Å². The van der Waals surface area contributed by atoms with Crippen LogP contribution in [0.3, 0.4) is 0 Å². The molecule has 2 aliphatic heterocycles. The average Bonchev–Trinajstić information content (AvgIpc) is 3.24. The highest BCUT2D eigenvalue weighted by atomic mass is 16.5. The third-order valence-corrected chi connectivity index (χ3v) is 6.67. The van der Waals surface area contributed by atoms with Crippen molar-refractivity contribution in [3.63, 3.8) is 0 Å². The van der Waals surface area contributed by atoms with E-state index in [1.54, 1.807) is 6.33 Å². The fourth-order valence-electron chi connectivity index (χ4n) is 4.84. The van der Waals surface area contributed by atoms with Crippen molar-refractivity contribution in [2.24, 2.45) is 0 Å². The molecule has 2 saturated heterocycles. The SMILES string of the molecule is Cc1cccc2c1CCC2NC(=O)N1CCN(c2cc(N3CCOCC3)ncn2)CC1. The van der Waals surface area contributed by atoms with Crippen LogP contribution in [0.15, 0.2) is 30.6 Å². The second kappa shape index (κ2) is 8.70. The maximum atomic E-state index is 12.9. The van der Waals surface area contributed by atoms with Crippen LogP contribution in [0.4, 0.5) is 16.4 Å². The van der Waals surface area contributed by atoms with Gasteiger partial charge in [-0.1, -0.05) is 18.2 Å². The molecule has 1 unspecified atom stereocenters. The van der Waals surface area contributed by atoms with E-state index in [4.69, 9.17) is 4.74 Å². The van der Waals surface area contributed by atoms with E-state index in [1.165, 1.54) is 16.7 Å². The predicted octanol–water partition coefficient (Wildman–Crippen LogP) is 2.14. The third-order valence-electron chi connectivity index (χ3n) is 6.67. The van der Waals surface area contributed by atoms with Crippen LogP contribution in [0.25, 0.3) is 0 Å². The zero-order chi connectivity index (χ0) is 21.2. The van der Waals surface area contributed by atoms with Gasteiger partial charge in [-0.25, -0.2) is 14.8 Å². The molecular formula is C23H30N6O2. The van der Waals surface area contributed by atoms with Gasteiger partial charge in [0.15, 0.2) is 0 Å². The summed E-state index contributed by atoms with van der Waals surface area (Å²) in [6.07, 6.45) is 3.66. The second-order valence-corrected chi connectivity index (χ2v) is 8.49. The molecule has 3 heterocycles. The van der Waals surface area contributed by atoms with E-state index in [0.29, 0.717) is 13.1 Å². The molecule has 1 aromatic heterocycles. The number of amides is 2. The highest BCUT2D eigenvalue weighted by molar-refractivity contribution is 5.75. The summed E-state index contributed by atoms with van der Waals surface area (Å²) in [6, 6.07) is 8.61. The number of carbonyl (C=O) groups excluding carboxylic acids is 1. The molecule has 8 heteroatoms. The van der Waals surface area contributed by atoms with Crippen molar-refractivity contribution in [3.05, 3.63) is 47.3 Å². The largest absolute Gasteiger partial charge is 0.378 e. The molecule has 5 rings (SSSR count). The van der Waals surface area contributed by atoms with Crippen LogP contribution in [0.5, 0.6) is 0 Å². The summed E-state index contributed by atoms with van der Waals surface area (Å²) < 4.78 is 5.44. The van der Waals surface area contributed by atoms with Gasteiger partial charge in [-0.3, -0.25) is 0 Å². The molecule has 0 radical (unpaired) electrons. The van der Waals surface area contributed by atoms with E-state index in [9.17, 15) is 4.79 Å². The summed E-state index contributed by atoms with van der Waals surface area (Å²) in [7, 11) is 0. The Kier molecular flexibility index (Phi) is 5.63. The summed E-state index contributed by atoms with van der Waals surface area (Å²) in [6.45, 7) is 8.26. The average molecular weight is 423 g/mol. The Morgan fingerprint density at radius 2 is 1.74 bits per heavy atom. The van der Waals surface area contributed by atoms with Gasteiger partial charge in [0.2, 0.25) is 0 Å². The van der Waals surface area contributed by atoms with E-state index >= 15 is 0 Å². The predicted molar refractivity (Wildman–Crippen MR) is 120 cm³/mol. The van der Waals surface area contributed by atoms with Crippen molar-refractivity contribution in [1.82, 2.24) is 20.2 Å². The molecule has 1 N–H and O–H groups in total. The van der Waals surface area contributed by atoms with E-state index in [-0.39, 0.29) is 12.1 Å². The molecule has 2 amide bonds. The molecule has 0 saturated carbocycles. The Balaban J connectivity index is 1.18. The number of hydrogen-bond acceptors (Lipinski definition) is 6. The fraction of sp³-hybridized carbons (Fsp3) is 0.522. The van der Waals surface area contributed by atoms with Crippen LogP contribution >= 0.6 is 0 Å². The molecule has 3 aliphatic rings. The number of aryl methyl sites for hydroxylation is 1. The van der Waals surface area contributed by atoms with E-state index in [1.807, 2.05) is 4.90 Å². The first-order valence-electron chi connectivity index (χ1n) is 11.2. The summed E-state index contributed by atoms with van der Waals surface area (Å²) >= 11 is 0. The van der Waals surface area contributed by atoms with Gasteiger partial charge in [-0.05, 0) is 36.5 Å². The lowest BCUT2D eigenvalue weighted by molar-refractivity contribution is 0.122. The van der Waals surface area contributed by atoms with Crippen LogP contribution in [0, 0.1) is 6.92 Å². The normalized spacial score (nSPS) is 21.2. The van der Waals surface area contributed by atoms with Crippen molar-refractivity contribution in [1.29, 1.82) is 0 Å². The Morgan fingerprint density at radius 3 is 2.48 bits per heavy atom. The summed E-state index contributed by atoms with van der Waals surface area (Å²) in [5.74, 6) is 1.88. The van der Waals surface area contributed by atoms with Crippen molar-refractivity contribution >= 4 is 17.7 Å². The third kappa shape index (κ3) is 4.17. The summed E-state index contributed by atoms with van der Waals surface area (Å²) in [5, 5.41) is 3.26. The van der Waals surface area contributed by atoms with Gasteiger partial charge in [0.25, 0.3) is 0 Å². The number of carbonyl (C=O) groups is 1. The standard InChI is InChI=1S/C23H30N6O2/c1-17-3-2-4-19-18(17)5-6-20(19)26-23(30)29-9-7-27(8-10-29)21-15-22(25-16-24-21)28-11-13-31-14-12-28/h2-4,15-16,20H,5-14H2,1H3,(H,26,30). The number of morpholine rings is 1. The van der Waals surface area contributed by atoms with Crippen LogP contribution in [-0.2, 0) is 11.2 Å². The number of benzene rings is 1. The number of ether oxygens (including phenoxy) is 1. The van der Waals surface area contributed by atoms with Crippen LogP contribution < -0.4 is 15.1 Å². The number of aromatic nitrogens is 2. The minimum atomic E-state index is 0.0377. The van der Waals surface area contributed by atoms with Gasteiger partial charge in [0.05, 0.1) is 19.3 Å². The minimum absolute atomic E-state index is 0.0377. The summed E-state index contributed by atoms with van der Waals surface area (Å²) in [4.78, 5) is 28.2. The molecule has 2 fully saturated rings. The van der Waals surface area contributed by atoms with Crippen LogP contribution in [0.1, 0.15) is 29.2 Å². The highest BCUT2D eigenvalue weighted by Gasteiger charge is 2.28. The molecule has 8 nitrogen and oxygen atoms in total. The smallest absolute Gasteiger partial charge is 0.318 e. The molecule has 1 aromatic carbocycles. The Hall–Kier alpha value is -2.87.